The van der Waals surface area contributed by atoms with E-state index in [1.807, 2.05) is 6.92 Å². The number of carbonyl (C=O) groups is 2. The van der Waals surface area contributed by atoms with E-state index in [4.69, 9.17) is 10.8 Å². The molecule has 0 unspecified atom stereocenters. The number of carboxylic acids is 1. The van der Waals surface area contributed by atoms with Crippen molar-refractivity contribution >= 4 is 11.9 Å². The van der Waals surface area contributed by atoms with Crippen LogP contribution in [-0.4, -0.2) is 29.6 Å². The Labute approximate surface area is 95.4 Å². The van der Waals surface area contributed by atoms with Gasteiger partial charge in [0.2, 0.25) is 5.91 Å². The van der Waals surface area contributed by atoms with Gasteiger partial charge in [-0.05, 0) is 19.3 Å². The van der Waals surface area contributed by atoms with Crippen molar-refractivity contribution in [2.75, 3.05) is 6.54 Å². The molecular formula is C11H20N2O3. The minimum atomic E-state index is -0.817. The second-order valence-electron chi connectivity index (χ2n) is 4.55. The molecule has 0 aromatic heterocycles. The molecule has 92 valence electrons. The Morgan fingerprint density at radius 1 is 1.50 bits per heavy atom. The van der Waals surface area contributed by atoms with Crippen LogP contribution < -0.4 is 11.1 Å². The summed E-state index contributed by atoms with van der Waals surface area (Å²) in [6.07, 6.45) is 3.69. The van der Waals surface area contributed by atoms with E-state index in [1.54, 1.807) is 0 Å². The van der Waals surface area contributed by atoms with E-state index >= 15 is 0 Å². The third kappa shape index (κ3) is 2.72. The molecule has 5 heteroatoms. The van der Waals surface area contributed by atoms with Gasteiger partial charge in [-0.1, -0.05) is 19.8 Å². The van der Waals surface area contributed by atoms with E-state index in [-0.39, 0.29) is 12.5 Å². The second kappa shape index (κ2) is 5.30. The van der Waals surface area contributed by atoms with Gasteiger partial charge >= 0.3 is 5.97 Å². The maximum absolute atomic E-state index is 11.5. The quantitative estimate of drug-likeness (QED) is 0.616. The molecule has 0 heterocycles. The van der Waals surface area contributed by atoms with Crippen LogP contribution in [0.5, 0.6) is 0 Å². The van der Waals surface area contributed by atoms with Gasteiger partial charge in [0.05, 0.1) is 11.5 Å². The Morgan fingerprint density at radius 2 is 2.12 bits per heavy atom. The number of nitrogens with two attached hydrogens (primary N) is 1. The van der Waals surface area contributed by atoms with Crippen LogP contribution in [0.4, 0.5) is 0 Å². The lowest BCUT2D eigenvalue weighted by atomic mass is 9.69. The highest BCUT2D eigenvalue weighted by Crippen LogP contribution is 2.40. The largest absolute Gasteiger partial charge is 0.481 e. The number of nitrogens with one attached hydrogen (secondary N) is 1. The van der Waals surface area contributed by atoms with E-state index in [0.29, 0.717) is 19.3 Å². The average Bonchev–Trinajstić information content (AvgIpc) is 2.15. The van der Waals surface area contributed by atoms with E-state index in [2.05, 4.69) is 5.32 Å². The maximum atomic E-state index is 11.5. The molecule has 1 fully saturated rings. The summed E-state index contributed by atoms with van der Waals surface area (Å²) in [5.41, 5.74) is 4.90. The van der Waals surface area contributed by atoms with Gasteiger partial charge in [0.15, 0.2) is 0 Å². The number of rotatable bonds is 6. The Bertz CT molecular complexity index is 274. The standard InChI is InChI=1S/C11H20N2O3/c1-2-4-8(12)9(14)13-7-11(10(15)16)5-3-6-11/h8H,2-7,12H2,1H3,(H,13,14)(H,15,16)/t8-/m1/s1. The molecule has 1 aliphatic rings. The van der Waals surface area contributed by atoms with E-state index in [9.17, 15) is 9.59 Å². The molecule has 0 saturated heterocycles. The van der Waals surface area contributed by atoms with Crippen molar-refractivity contribution in [3.05, 3.63) is 0 Å². The molecule has 1 aliphatic carbocycles. The normalized spacial score (nSPS) is 19.6. The highest BCUT2D eigenvalue weighted by molar-refractivity contribution is 5.83. The van der Waals surface area contributed by atoms with E-state index < -0.39 is 17.4 Å². The predicted molar refractivity (Wildman–Crippen MR) is 59.8 cm³/mol. The third-order valence-electron chi connectivity index (χ3n) is 3.30. The van der Waals surface area contributed by atoms with Gasteiger partial charge in [-0.2, -0.15) is 0 Å². The van der Waals surface area contributed by atoms with Crippen LogP contribution in [-0.2, 0) is 9.59 Å². The van der Waals surface area contributed by atoms with Crippen molar-refractivity contribution in [1.29, 1.82) is 0 Å². The first kappa shape index (κ1) is 13.0. The molecule has 0 spiro atoms. The zero-order valence-electron chi connectivity index (χ0n) is 9.66. The molecule has 0 aromatic carbocycles. The molecule has 0 bridgehead atoms. The zero-order valence-corrected chi connectivity index (χ0v) is 9.66. The monoisotopic (exact) mass is 228 g/mol. The van der Waals surface area contributed by atoms with Crippen LogP contribution in [0.15, 0.2) is 0 Å². The molecule has 1 atom stereocenters. The zero-order chi connectivity index (χ0) is 12.2. The second-order valence-corrected chi connectivity index (χ2v) is 4.55. The topological polar surface area (TPSA) is 92.4 Å². The summed E-state index contributed by atoms with van der Waals surface area (Å²) < 4.78 is 0. The Kier molecular flexibility index (Phi) is 4.29. The Balaban J connectivity index is 2.38. The fourth-order valence-corrected chi connectivity index (χ4v) is 1.90. The van der Waals surface area contributed by atoms with Gasteiger partial charge < -0.3 is 16.2 Å². The lowest BCUT2D eigenvalue weighted by Gasteiger charge is -2.37. The fourth-order valence-electron chi connectivity index (χ4n) is 1.90. The van der Waals surface area contributed by atoms with Gasteiger partial charge in [0.1, 0.15) is 0 Å². The molecule has 1 saturated carbocycles. The number of hydrogen-bond donors (Lipinski definition) is 3. The molecule has 1 rings (SSSR count). The van der Waals surface area contributed by atoms with Gasteiger partial charge in [-0.25, -0.2) is 0 Å². The van der Waals surface area contributed by atoms with Crippen LogP contribution in [0.2, 0.25) is 0 Å². The highest BCUT2D eigenvalue weighted by atomic mass is 16.4. The van der Waals surface area contributed by atoms with E-state index in [1.165, 1.54) is 0 Å². The van der Waals surface area contributed by atoms with Crippen molar-refractivity contribution in [2.45, 2.75) is 45.1 Å². The SMILES string of the molecule is CCC[C@@H](N)C(=O)NCC1(C(=O)O)CCC1. The Morgan fingerprint density at radius 3 is 2.50 bits per heavy atom. The summed E-state index contributed by atoms with van der Waals surface area (Å²) in [6.45, 7) is 2.16. The average molecular weight is 228 g/mol. The maximum Gasteiger partial charge on any atom is 0.311 e. The minimum Gasteiger partial charge on any atom is -0.481 e. The van der Waals surface area contributed by atoms with Crippen LogP contribution in [0, 0.1) is 5.41 Å². The summed E-state index contributed by atoms with van der Waals surface area (Å²) in [5, 5.41) is 11.7. The summed E-state index contributed by atoms with van der Waals surface area (Å²) in [4.78, 5) is 22.5. The number of hydrogen-bond acceptors (Lipinski definition) is 3. The van der Waals surface area contributed by atoms with Crippen LogP contribution in [0.3, 0.4) is 0 Å². The lowest BCUT2D eigenvalue weighted by Crippen LogP contribution is -2.50. The van der Waals surface area contributed by atoms with Gasteiger partial charge in [-0.15, -0.1) is 0 Å². The van der Waals surface area contributed by atoms with Crippen molar-refractivity contribution in [1.82, 2.24) is 5.32 Å². The number of aliphatic carboxylic acids is 1. The first-order valence-corrected chi connectivity index (χ1v) is 5.78. The van der Waals surface area contributed by atoms with Crippen LogP contribution in [0.1, 0.15) is 39.0 Å². The Hall–Kier alpha value is -1.10. The molecule has 16 heavy (non-hydrogen) atoms. The first-order chi connectivity index (χ1) is 7.52. The highest BCUT2D eigenvalue weighted by Gasteiger charge is 2.44. The van der Waals surface area contributed by atoms with Crippen LogP contribution >= 0.6 is 0 Å². The fraction of sp³-hybridized carbons (Fsp3) is 0.818. The van der Waals surface area contributed by atoms with Crippen molar-refractivity contribution in [3.8, 4) is 0 Å². The summed E-state index contributed by atoms with van der Waals surface area (Å²) in [7, 11) is 0. The molecule has 5 nitrogen and oxygen atoms in total. The summed E-state index contributed by atoms with van der Waals surface area (Å²) in [6, 6.07) is -0.518. The number of carbonyl (C=O) groups excluding carboxylic acids is 1. The van der Waals surface area contributed by atoms with Crippen molar-refractivity contribution in [2.24, 2.45) is 11.1 Å². The summed E-state index contributed by atoms with van der Waals surface area (Å²) in [5.74, 6) is -1.06. The molecule has 0 radical (unpaired) electrons. The van der Waals surface area contributed by atoms with Crippen LogP contribution in [0.25, 0.3) is 0 Å². The van der Waals surface area contributed by atoms with Gasteiger partial charge in [-0.3, -0.25) is 9.59 Å². The number of carboxylic acid groups (broad SMARTS) is 1. The van der Waals surface area contributed by atoms with Gasteiger partial charge in [0, 0.05) is 6.54 Å². The molecule has 1 amide bonds. The van der Waals surface area contributed by atoms with Crippen molar-refractivity contribution in [3.63, 3.8) is 0 Å². The molecule has 4 N–H and O–H groups in total. The lowest BCUT2D eigenvalue weighted by molar-refractivity contribution is -0.154. The first-order valence-electron chi connectivity index (χ1n) is 5.78. The summed E-state index contributed by atoms with van der Waals surface area (Å²) >= 11 is 0. The molecule has 0 aliphatic heterocycles. The molecule has 0 aromatic rings. The third-order valence-corrected chi connectivity index (χ3v) is 3.30. The smallest absolute Gasteiger partial charge is 0.311 e. The number of amides is 1. The van der Waals surface area contributed by atoms with E-state index in [0.717, 1.165) is 12.8 Å². The molecular weight excluding hydrogens is 208 g/mol. The van der Waals surface area contributed by atoms with Gasteiger partial charge in [0.25, 0.3) is 0 Å². The minimum absolute atomic E-state index is 0.207. The van der Waals surface area contributed by atoms with Crippen molar-refractivity contribution < 1.29 is 14.7 Å². The predicted octanol–water partition coefficient (Wildman–Crippen LogP) is 0.485.